The van der Waals surface area contributed by atoms with Gasteiger partial charge in [-0.05, 0) is 85.9 Å². The summed E-state index contributed by atoms with van der Waals surface area (Å²) in [5.41, 5.74) is 23.3. The average molecular weight is 1390 g/mol. The van der Waals surface area contributed by atoms with Crippen LogP contribution in [-0.2, 0) is 86.4 Å². The summed E-state index contributed by atoms with van der Waals surface area (Å²) in [4.78, 5) is 193. The van der Waals surface area contributed by atoms with Crippen molar-refractivity contribution in [3.8, 4) is 11.5 Å². The Kier molecular flexibility index (Phi) is 32.7. The Bertz CT molecular complexity index is 3320. The third-order valence-corrected chi connectivity index (χ3v) is 15.4. The molecule has 1 aliphatic rings. The van der Waals surface area contributed by atoms with Gasteiger partial charge in [0.1, 0.15) is 71.9 Å². The lowest BCUT2D eigenvalue weighted by Gasteiger charge is -2.29. The number of likely N-dealkylation sites (tertiary alicyclic amines) is 1. The summed E-state index contributed by atoms with van der Waals surface area (Å²) in [6, 6.07) is 5.60. The van der Waals surface area contributed by atoms with Gasteiger partial charge in [0.15, 0.2) is 5.96 Å². The molecule has 0 aromatic heterocycles. The Labute approximate surface area is 570 Å². The number of phenols is 2. The molecule has 1 saturated heterocycles. The van der Waals surface area contributed by atoms with Crippen molar-refractivity contribution in [3.63, 3.8) is 0 Å². The molecule has 0 bridgehead atoms. The van der Waals surface area contributed by atoms with Crippen molar-refractivity contribution in [1.82, 2.24) is 63.4 Å². The number of nitrogens with one attached hydrogen (secondary N) is 11. The summed E-state index contributed by atoms with van der Waals surface area (Å²) in [6.07, 6.45) is -0.787. The van der Waals surface area contributed by atoms with E-state index in [9.17, 15) is 82.4 Å². The molecule has 3 aromatic carbocycles. The van der Waals surface area contributed by atoms with Gasteiger partial charge in [-0.2, -0.15) is 12.6 Å². The van der Waals surface area contributed by atoms with Crippen molar-refractivity contribution in [2.75, 3.05) is 38.5 Å². The standard InChI is InChI=1S/C63H89N17O17S/c1-33(2)24-42(72-35(4)82)57(92)77-45(27-38-16-20-40(84)21-17-38)60(95)75-41(12-8-22-68-63(66)67)56(91)71-34(3)54(89)76-46(28-50(64)85)55(90)69-29-51(86)73-43(25-36-10-6-5-7-11-36)58(93)78-47(31-81)62(97)80-23-9-13-49(80)61(96)70-30-52(87)74-44(26-37-14-18-39(83)19-15-37)59(94)79-48(32-98)53(65)88/h5-7,10-11,14-21,33-34,41-49,81,83-84,98H,8-9,12-13,22-32H2,1-4H3,(H2,64,85)(H2,65,88)(H,69,90)(H,70,96)(H,71,91)(H,72,82)(H,73,86)(H,74,87)(H,75,95)(H,76,89)(H,77,92)(H,78,93)(H,79,94)(H4,66,67,68)/t34-,41-,42-,43-,44-,45-,46-,47-,48-,49-/m0/s1. The maximum atomic E-state index is 14.2. The number of aliphatic imine (C=N–C) groups is 1. The molecule has 534 valence electrons. The van der Waals surface area contributed by atoms with Gasteiger partial charge in [0.25, 0.3) is 0 Å². The number of carbonyl (C=O) groups excluding carboxylic acids is 14. The Morgan fingerprint density at radius 1 is 0.551 bits per heavy atom. The first kappa shape index (κ1) is 79.9. The van der Waals surface area contributed by atoms with Crippen LogP contribution in [0.1, 0.15) is 82.9 Å². The highest BCUT2D eigenvalue weighted by atomic mass is 32.1. The number of thiol groups is 1. The molecule has 14 amide bonds. The highest BCUT2D eigenvalue weighted by molar-refractivity contribution is 7.80. The summed E-state index contributed by atoms with van der Waals surface area (Å²) in [5, 5.41) is 57.2. The Hall–Kier alpha value is -10.6. The number of rotatable bonds is 39. The Balaban J connectivity index is 1.43. The minimum Gasteiger partial charge on any atom is -0.508 e. The third-order valence-electron chi connectivity index (χ3n) is 15.1. The molecule has 98 heavy (non-hydrogen) atoms. The highest BCUT2D eigenvalue weighted by Crippen LogP contribution is 2.20. The summed E-state index contributed by atoms with van der Waals surface area (Å²) < 4.78 is 0. The minimum atomic E-state index is -1.77. The lowest BCUT2D eigenvalue weighted by Crippen LogP contribution is -2.59. The fourth-order valence-corrected chi connectivity index (χ4v) is 10.3. The maximum absolute atomic E-state index is 14.2. The van der Waals surface area contributed by atoms with Crippen LogP contribution in [0.5, 0.6) is 11.5 Å². The minimum absolute atomic E-state index is 0.00891. The van der Waals surface area contributed by atoms with E-state index in [1.807, 2.05) is 13.8 Å². The number of benzene rings is 3. The van der Waals surface area contributed by atoms with Crippen LogP contribution < -0.4 is 81.4 Å². The van der Waals surface area contributed by atoms with Gasteiger partial charge in [-0.25, -0.2) is 0 Å². The number of aliphatic hydroxyl groups is 1. The molecule has 0 unspecified atom stereocenters. The number of aromatic hydroxyl groups is 2. The van der Waals surface area contributed by atoms with Crippen molar-refractivity contribution in [2.24, 2.45) is 33.8 Å². The van der Waals surface area contributed by atoms with Crippen LogP contribution in [0.3, 0.4) is 0 Å². The number of nitrogens with zero attached hydrogens (tertiary/aromatic N) is 2. The van der Waals surface area contributed by atoms with E-state index in [0.717, 1.165) is 4.90 Å². The molecule has 10 atom stereocenters. The van der Waals surface area contributed by atoms with Crippen molar-refractivity contribution >= 4 is 101 Å². The van der Waals surface area contributed by atoms with Crippen molar-refractivity contribution in [3.05, 3.63) is 95.6 Å². The second-order valence-electron chi connectivity index (χ2n) is 23.6. The van der Waals surface area contributed by atoms with Gasteiger partial charge in [-0.1, -0.05) is 68.4 Å². The van der Waals surface area contributed by atoms with Crippen LogP contribution in [0.25, 0.3) is 0 Å². The van der Waals surface area contributed by atoms with E-state index in [0.29, 0.717) is 16.7 Å². The lowest BCUT2D eigenvalue weighted by molar-refractivity contribution is -0.143. The molecular formula is C63H89N17O17S. The number of guanidine groups is 1. The highest BCUT2D eigenvalue weighted by Gasteiger charge is 2.39. The van der Waals surface area contributed by atoms with Gasteiger partial charge >= 0.3 is 0 Å². The predicted molar refractivity (Wildman–Crippen MR) is 357 cm³/mol. The monoisotopic (exact) mass is 1390 g/mol. The van der Waals surface area contributed by atoms with E-state index in [1.54, 1.807) is 30.3 Å². The molecule has 35 heteroatoms. The van der Waals surface area contributed by atoms with E-state index in [1.165, 1.54) is 62.4 Å². The number of carbonyl (C=O) groups is 14. The smallest absolute Gasteiger partial charge is 0.248 e. The van der Waals surface area contributed by atoms with Gasteiger partial charge in [-0.3, -0.25) is 72.1 Å². The first-order valence-corrected chi connectivity index (χ1v) is 32.0. The average Bonchev–Trinajstić information content (AvgIpc) is 1.07. The maximum Gasteiger partial charge on any atom is 0.248 e. The molecule has 1 heterocycles. The SMILES string of the molecule is CC(=O)N[C@@H](CC(C)C)C(=O)N[C@@H](Cc1ccc(O)cc1)C(=O)N[C@@H](CCCN=C(N)N)C(=O)N[C@@H](C)C(=O)N[C@@H](CC(N)=O)C(=O)NCC(=O)N[C@@H](Cc1ccccc1)C(=O)N[C@@H](CO)C(=O)N1CCC[C@H]1C(=O)NCC(=O)N[C@@H](Cc1ccc(O)cc1)C(=O)N[C@@H](CS)C(N)=O. The number of primary amides is 2. The second kappa shape index (κ2) is 40.1. The number of phenolic OH excluding ortho intramolecular Hbond substituents is 2. The molecule has 0 spiro atoms. The molecule has 0 saturated carbocycles. The zero-order valence-corrected chi connectivity index (χ0v) is 55.6. The van der Waals surface area contributed by atoms with Gasteiger partial charge in [0.05, 0.1) is 26.1 Å². The quantitative estimate of drug-likeness (QED) is 0.0109. The number of hydrogen-bond acceptors (Lipinski definition) is 19. The second-order valence-corrected chi connectivity index (χ2v) is 24.0. The first-order valence-electron chi connectivity index (χ1n) is 31.4. The first-order chi connectivity index (χ1) is 46.4. The van der Waals surface area contributed by atoms with Crippen molar-refractivity contribution in [2.45, 2.75) is 146 Å². The summed E-state index contributed by atoms with van der Waals surface area (Å²) in [6.45, 7) is 3.48. The van der Waals surface area contributed by atoms with Crippen LogP contribution in [-0.4, -0.2) is 208 Å². The van der Waals surface area contributed by atoms with Crippen LogP contribution >= 0.6 is 12.6 Å². The van der Waals surface area contributed by atoms with Crippen molar-refractivity contribution < 1.29 is 82.4 Å². The van der Waals surface area contributed by atoms with Crippen LogP contribution in [0, 0.1) is 5.92 Å². The molecule has 0 aliphatic carbocycles. The predicted octanol–water partition coefficient (Wildman–Crippen LogP) is -5.87. The zero-order valence-electron chi connectivity index (χ0n) is 54.7. The van der Waals surface area contributed by atoms with Gasteiger partial charge in [0.2, 0.25) is 82.7 Å². The lowest BCUT2D eigenvalue weighted by atomic mass is 10.0. The molecule has 0 radical (unpaired) electrons. The summed E-state index contributed by atoms with van der Waals surface area (Å²) in [5.74, 6) is -13.2. The largest absolute Gasteiger partial charge is 0.508 e. The van der Waals surface area contributed by atoms with Crippen LogP contribution in [0.15, 0.2) is 83.9 Å². The molecule has 4 rings (SSSR count). The third kappa shape index (κ3) is 27.6. The number of nitrogens with two attached hydrogens (primary N) is 4. The number of amides is 14. The fourth-order valence-electron chi connectivity index (χ4n) is 10.1. The van der Waals surface area contributed by atoms with Crippen LogP contribution in [0.4, 0.5) is 0 Å². The molecule has 1 aliphatic heterocycles. The van der Waals surface area contributed by atoms with Gasteiger partial charge < -0.3 is 102 Å². The molecule has 1 fully saturated rings. The summed E-state index contributed by atoms with van der Waals surface area (Å²) >= 11 is 4.04. The Morgan fingerprint density at radius 3 is 1.51 bits per heavy atom. The zero-order chi connectivity index (χ0) is 72.8. The van der Waals surface area contributed by atoms with E-state index < -0.39 is 169 Å². The molecule has 3 aromatic rings. The van der Waals surface area contributed by atoms with Crippen molar-refractivity contribution in [1.29, 1.82) is 0 Å². The normalized spacial score (nSPS) is 15.2. The van der Waals surface area contributed by atoms with Gasteiger partial charge in [-0.15, -0.1) is 0 Å². The van der Waals surface area contributed by atoms with E-state index in [4.69, 9.17) is 22.9 Å². The molecule has 22 N–H and O–H groups in total. The fraction of sp³-hybridized carbons (Fsp3) is 0.476. The van der Waals surface area contributed by atoms with E-state index >= 15 is 0 Å². The Morgan fingerprint density at radius 2 is 1.02 bits per heavy atom. The molecular weight excluding hydrogens is 1300 g/mol. The van der Waals surface area contributed by atoms with E-state index in [2.05, 4.69) is 76.1 Å². The van der Waals surface area contributed by atoms with Crippen LogP contribution in [0.2, 0.25) is 0 Å². The summed E-state index contributed by atoms with van der Waals surface area (Å²) in [7, 11) is 0. The van der Waals surface area contributed by atoms with Gasteiger partial charge in [0, 0.05) is 45.0 Å². The number of aliphatic hydroxyl groups excluding tert-OH is 1. The number of hydrogen-bond donors (Lipinski definition) is 19. The van der Waals surface area contributed by atoms with E-state index in [-0.39, 0.29) is 93.6 Å². The topological polar surface area (TPSA) is 552 Å². The molecule has 34 nitrogen and oxygen atoms in total.